The Morgan fingerprint density at radius 1 is 0.357 bits per heavy atom. The van der Waals surface area contributed by atoms with Gasteiger partial charge in [-0.05, 0) is 146 Å². The summed E-state index contributed by atoms with van der Waals surface area (Å²) < 4.78 is 0. The summed E-state index contributed by atoms with van der Waals surface area (Å²) in [5.74, 6) is 18.6. The molecule has 0 unspecified atom stereocenters. The molecular formula is C42H42. The summed E-state index contributed by atoms with van der Waals surface area (Å²) in [6.45, 7) is 12.7. The van der Waals surface area contributed by atoms with Crippen LogP contribution < -0.4 is 0 Å². The molecule has 0 aromatic heterocycles. The van der Waals surface area contributed by atoms with Gasteiger partial charge in [-0.2, -0.15) is 0 Å². The van der Waals surface area contributed by atoms with E-state index in [1.54, 1.807) is 0 Å². The van der Waals surface area contributed by atoms with Gasteiger partial charge in [0.2, 0.25) is 0 Å². The minimum atomic E-state index is 0.937. The zero-order valence-corrected chi connectivity index (χ0v) is 26.2. The molecule has 210 valence electrons. The Bertz CT molecular complexity index is 1460. The summed E-state index contributed by atoms with van der Waals surface area (Å²) >= 11 is 0. The zero-order valence-electron chi connectivity index (χ0n) is 26.2. The van der Waals surface area contributed by atoms with E-state index in [1.165, 1.54) is 50.1 Å². The number of rotatable bonds is 9. The highest BCUT2D eigenvalue weighted by molar-refractivity contribution is 5.57. The molecule has 0 amide bonds. The molecule has 0 N–H and O–H groups in total. The van der Waals surface area contributed by atoms with Crippen LogP contribution in [0.15, 0.2) is 72.8 Å². The topological polar surface area (TPSA) is 0 Å². The molecule has 4 rings (SSSR count). The first kappa shape index (κ1) is 30.5. The predicted octanol–water partition coefficient (Wildman–Crippen LogP) is 9.26. The van der Waals surface area contributed by atoms with Crippen molar-refractivity contribution in [3.05, 3.63) is 140 Å². The Kier molecular flexibility index (Phi) is 10.9. The first-order valence-electron chi connectivity index (χ1n) is 15.3. The maximum atomic E-state index is 3.19. The van der Waals surface area contributed by atoms with E-state index in [0.29, 0.717) is 0 Å². The van der Waals surface area contributed by atoms with Crippen LogP contribution in [0.2, 0.25) is 0 Å². The van der Waals surface area contributed by atoms with E-state index in [4.69, 9.17) is 0 Å². The largest absolute Gasteiger partial charge is 0.101 e. The predicted molar refractivity (Wildman–Crippen MR) is 180 cm³/mol. The van der Waals surface area contributed by atoms with Gasteiger partial charge in [-0.25, -0.2) is 0 Å². The second kappa shape index (κ2) is 15.0. The van der Waals surface area contributed by atoms with Gasteiger partial charge in [-0.1, -0.05) is 74.9 Å². The van der Waals surface area contributed by atoms with Crippen molar-refractivity contribution in [2.45, 2.75) is 80.1 Å². The van der Waals surface area contributed by atoms with E-state index in [1.807, 2.05) is 20.8 Å². The third kappa shape index (κ3) is 7.25. The lowest BCUT2D eigenvalue weighted by Crippen LogP contribution is -2.14. The molecule has 0 aliphatic heterocycles. The first-order valence-corrected chi connectivity index (χ1v) is 15.3. The van der Waals surface area contributed by atoms with E-state index >= 15 is 0 Å². The second-order valence-corrected chi connectivity index (χ2v) is 10.7. The molecule has 4 aromatic rings. The third-order valence-electron chi connectivity index (χ3n) is 8.06. The van der Waals surface area contributed by atoms with Crippen molar-refractivity contribution < 1.29 is 0 Å². The summed E-state index contributed by atoms with van der Waals surface area (Å²) in [5, 5.41) is 0. The number of hydrogen-bond donors (Lipinski definition) is 0. The fourth-order valence-electron chi connectivity index (χ4n) is 6.18. The quantitative estimate of drug-likeness (QED) is 0.184. The van der Waals surface area contributed by atoms with Crippen LogP contribution in [-0.2, 0) is 38.5 Å². The van der Waals surface area contributed by atoms with Crippen LogP contribution in [0.1, 0.15) is 108 Å². The molecule has 42 heavy (non-hydrogen) atoms. The van der Waals surface area contributed by atoms with E-state index in [9.17, 15) is 0 Å². The van der Waals surface area contributed by atoms with Crippen LogP contribution in [0.4, 0.5) is 0 Å². The number of benzene rings is 4. The maximum Gasteiger partial charge on any atom is 0.0245 e. The Hall–Kier alpha value is -4.44. The van der Waals surface area contributed by atoms with Crippen molar-refractivity contribution in [2.75, 3.05) is 0 Å². The molecule has 0 nitrogen and oxygen atoms in total. The van der Waals surface area contributed by atoms with E-state index in [2.05, 4.69) is 129 Å². The van der Waals surface area contributed by atoms with Crippen molar-refractivity contribution in [1.29, 1.82) is 0 Å². The fourth-order valence-corrected chi connectivity index (χ4v) is 6.18. The van der Waals surface area contributed by atoms with E-state index < -0.39 is 0 Å². The van der Waals surface area contributed by atoms with Gasteiger partial charge < -0.3 is 0 Å². The lowest BCUT2D eigenvalue weighted by molar-refractivity contribution is 0.899. The normalized spacial score (nSPS) is 10.1. The third-order valence-corrected chi connectivity index (χ3v) is 8.06. The second-order valence-electron chi connectivity index (χ2n) is 10.7. The fraction of sp³-hybridized carbons (Fsp3) is 0.286. The van der Waals surface area contributed by atoms with Gasteiger partial charge in [0, 0.05) is 16.7 Å². The minimum absolute atomic E-state index is 0.937. The van der Waals surface area contributed by atoms with Gasteiger partial charge in [-0.15, -0.1) is 17.8 Å². The smallest absolute Gasteiger partial charge is 0.0245 e. The van der Waals surface area contributed by atoms with Crippen LogP contribution in [0, 0.1) is 35.5 Å². The van der Waals surface area contributed by atoms with Gasteiger partial charge in [-0.3, -0.25) is 0 Å². The van der Waals surface area contributed by atoms with E-state index in [-0.39, 0.29) is 0 Å². The van der Waals surface area contributed by atoms with Crippen molar-refractivity contribution in [1.82, 2.24) is 0 Å². The molecular weight excluding hydrogens is 504 g/mol. The Morgan fingerprint density at radius 3 is 0.786 bits per heavy atom. The average molecular weight is 547 g/mol. The molecule has 0 heteroatoms. The summed E-state index contributed by atoms with van der Waals surface area (Å²) in [5.41, 5.74) is 16.3. The van der Waals surface area contributed by atoms with Crippen LogP contribution in [0.25, 0.3) is 0 Å². The highest BCUT2D eigenvalue weighted by Gasteiger charge is 2.22. The summed E-state index contributed by atoms with van der Waals surface area (Å²) in [6, 6.07) is 26.5. The molecule has 0 saturated carbocycles. The van der Waals surface area contributed by atoms with E-state index in [0.717, 1.165) is 55.2 Å². The van der Waals surface area contributed by atoms with Crippen LogP contribution in [0.5, 0.6) is 0 Å². The molecule has 0 atom stereocenters. The van der Waals surface area contributed by atoms with Crippen LogP contribution in [-0.4, -0.2) is 0 Å². The first-order chi connectivity index (χ1) is 20.5. The van der Waals surface area contributed by atoms with Gasteiger partial charge in [0.05, 0.1) is 0 Å². The van der Waals surface area contributed by atoms with Crippen molar-refractivity contribution >= 4 is 0 Å². The van der Waals surface area contributed by atoms with Gasteiger partial charge in [0.15, 0.2) is 0 Å². The Balaban J connectivity index is 1.89. The van der Waals surface area contributed by atoms with Gasteiger partial charge in [0.25, 0.3) is 0 Å². The molecule has 0 radical (unpaired) electrons. The van der Waals surface area contributed by atoms with Gasteiger partial charge >= 0.3 is 0 Å². The maximum absolute atomic E-state index is 3.19. The standard InChI is InChI=1S/C42H42/c1-7-13-31-16-22-34(23-17-31)28-40-37(10-4)41(29-35-24-18-32(14-8-2)19-25-35)39(12-6)42(38(40)11-5)30-36-26-20-33(15-9-3)21-27-36/h16-27H,10-12,28-30H2,1-6H3. The molecule has 0 aliphatic rings. The van der Waals surface area contributed by atoms with Crippen molar-refractivity contribution in [3.63, 3.8) is 0 Å². The molecule has 0 aliphatic carbocycles. The lowest BCUT2D eigenvalue weighted by atomic mass is 9.78. The molecule has 0 heterocycles. The highest BCUT2D eigenvalue weighted by atomic mass is 14.3. The number of hydrogen-bond acceptors (Lipinski definition) is 0. The molecule has 4 aromatic carbocycles. The van der Waals surface area contributed by atoms with Crippen LogP contribution >= 0.6 is 0 Å². The summed E-state index contributed by atoms with van der Waals surface area (Å²) in [7, 11) is 0. The van der Waals surface area contributed by atoms with Crippen molar-refractivity contribution in [2.24, 2.45) is 0 Å². The van der Waals surface area contributed by atoms with Gasteiger partial charge in [0.1, 0.15) is 0 Å². The zero-order chi connectivity index (χ0) is 29.9. The van der Waals surface area contributed by atoms with Crippen molar-refractivity contribution in [3.8, 4) is 35.5 Å². The summed E-state index contributed by atoms with van der Waals surface area (Å²) in [6.07, 6.45) is 5.88. The highest BCUT2D eigenvalue weighted by Crippen LogP contribution is 2.35. The lowest BCUT2D eigenvalue weighted by Gasteiger charge is -2.27. The Morgan fingerprint density at radius 2 is 0.595 bits per heavy atom. The minimum Gasteiger partial charge on any atom is -0.101 e. The Labute approximate surface area is 254 Å². The SMILES string of the molecule is CC#Cc1ccc(Cc2c(CC)c(Cc3ccc(C#CC)cc3)c(CC)c(Cc3ccc(C#CC)cc3)c2CC)cc1. The molecule has 0 saturated heterocycles. The molecule has 0 bridgehead atoms. The molecule has 0 fully saturated rings. The average Bonchev–Trinajstić information content (AvgIpc) is 3.01. The molecule has 0 spiro atoms. The monoisotopic (exact) mass is 546 g/mol. The summed E-state index contributed by atoms with van der Waals surface area (Å²) in [4.78, 5) is 0. The van der Waals surface area contributed by atoms with Crippen LogP contribution in [0.3, 0.4) is 0 Å².